The van der Waals surface area contributed by atoms with Crippen LogP contribution in [0, 0.1) is 23.7 Å². The van der Waals surface area contributed by atoms with Gasteiger partial charge in [0.05, 0.1) is 7.11 Å². The quantitative estimate of drug-likeness (QED) is 0.0774. The van der Waals surface area contributed by atoms with E-state index >= 15 is 0 Å². The maximum Gasteiger partial charge on any atom is 0.248 e. The van der Waals surface area contributed by atoms with Gasteiger partial charge in [0, 0.05) is 31.1 Å². The van der Waals surface area contributed by atoms with Crippen molar-refractivity contribution in [2.75, 3.05) is 14.2 Å². The Morgan fingerprint density at radius 3 is 1.38 bits per heavy atom. The Balaban J connectivity index is -0.000000779. The van der Waals surface area contributed by atoms with Crippen LogP contribution in [-0.2, 0) is 23.3 Å². The zero-order valence-electron chi connectivity index (χ0n) is 32.7. The molecule has 0 aliphatic heterocycles. The minimum atomic E-state index is -1.71. The van der Waals surface area contributed by atoms with E-state index in [-0.39, 0.29) is 35.2 Å². The fourth-order valence-corrected chi connectivity index (χ4v) is 7.79. The number of aldehydes is 1. The summed E-state index contributed by atoms with van der Waals surface area (Å²) in [7, 11) is -0.168. The third-order valence-electron chi connectivity index (χ3n) is 10.2. The van der Waals surface area contributed by atoms with E-state index in [1.165, 1.54) is 12.2 Å². The molecule has 0 radical (unpaired) electrons. The average Bonchev–Trinajstić information content (AvgIpc) is 2.91. The van der Waals surface area contributed by atoms with E-state index in [9.17, 15) is 9.59 Å². The third kappa shape index (κ3) is 19.8. The molecule has 0 bridgehead atoms. The van der Waals surface area contributed by atoms with Crippen LogP contribution in [0.4, 0.5) is 0 Å². The molecule has 0 spiro atoms. The van der Waals surface area contributed by atoms with Gasteiger partial charge in [0.25, 0.3) is 0 Å². The molecule has 8 heteroatoms. The molecule has 0 saturated carbocycles. The van der Waals surface area contributed by atoms with Gasteiger partial charge in [-0.1, -0.05) is 90.5 Å². The first-order chi connectivity index (χ1) is 19.9. The second-order valence-electron chi connectivity index (χ2n) is 16.7. The molecule has 0 fully saturated rings. The van der Waals surface area contributed by atoms with E-state index in [2.05, 4.69) is 95.4 Å². The third-order valence-corrected chi connectivity index (χ3v) is 19.2. The second kappa shape index (κ2) is 22.2. The number of hydroxylamine groups is 2. The van der Waals surface area contributed by atoms with Crippen LogP contribution in [0.5, 0.6) is 0 Å². The van der Waals surface area contributed by atoms with Crippen molar-refractivity contribution in [3.05, 3.63) is 0 Å². The zero-order valence-corrected chi connectivity index (χ0v) is 34.7. The number of nitrogens with zero attached hydrogens (tertiary/aromatic N) is 1. The first-order valence-corrected chi connectivity index (χ1v) is 23.3. The molecular formula is C37H81NO5Si2. The predicted octanol–water partition coefficient (Wildman–Crippen LogP) is 11.3. The van der Waals surface area contributed by atoms with Crippen LogP contribution in [0.2, 0.25) is 36.3 Å². The SMILES string of the molecule is C.CCC(CC[C@@H](C)CC(C)C(=O)N(C)OC)O[Si](C)(C)C(C)(C)C.CCC(CC[C@@H](C)CC(C)C=O)O[Si](C)(C)C(C)(C)C. The summed E-state index contributed by atoms with van der Waals surface area (Å²) in [5.74, 6) is 1.34. The highest BCUT2D eigenvalue weighted by molar-refractivity contribution is 6.74. The summed E-state index contributed by atoms with van der Waals surface area (Å²) in [6, 6.07) is 0. The second-order valence-corrected chi connectivity index (χ2v) is 26.2. The molecule has 45 heavy (non-hydrogen) atoms. The van der Waals surface area contributed by atoms with Gasteiger partial charge in [-0.15, -0.1) is 0 Å². The van der Waals surface area contributed by atoms with Gasteiger partial charge in [-0.25, -0.2) is 5.06 Å². The molecule has 4 unspecified atom stereocenters. The van der Waals surface area contributed by atoms with E-state index in [1.807, 2.05) is 13.8 Å². The summed E-state index contributed by atoms with van der Waals surface area (Å²) in [6.07, 6.45) is 10.3. The Hall–Kier alpha value is -0.546. The monoisotopic (exact) mass is 676 g/mol. The molecule has 0 aromatic carbocycles. The Morgan fingerprint density at radius 1 is 0.733 bits per heavy atom. The first kappa shape index (κ1) is 48.8. The molecular weight excluding hydrogens is 595 g/mol. The number of carbonyl (C=O) groups is 2. The minimum Gasteiger partial charge on any atom is -0.414 e. The summed E-state index contributed by atoms with van der Waals surface area (Å²) < 4.78 is 13.1. The Kier molecular flexibility index (Phi) is 24.1. The molecule has 0 saturated heterocycles. The number of hydrogen-bond acceptors (Lipinski definition) is 5. The molecule has 0 aliphatic carbocycles. The molecule has 0 aliphatic rings. The van der Waals surface area contributed by atoms with Gasteiger partial charge in [-0.05, 0) is 99.5 Å². The standard InChI is InChI=1S/C19H41NO3Si.C17H36O2Si.CH4/c1-11-17(23-24(9,10)19(4,5)6)13-12-15(2)14-16(3)18(21)20(7)22-8;1-9-16(19-20(7,8)17(4,5)6)11-10-14(2)12-15(3)13-18;/h15-17H,11-14H2,1-10H3;13-16H,9-12H2,1-8H3;1H4/t15-,16?,17?;14-,15?,16?;/m11./s1. The highest BCUT2D eigenvalue weighted by atomic mass is 28.4. The van der Waals surface area contributed by atoms with Crippen LogP contribution < -0.4 is 0 Å². The zero-order chi connectivity index (χ0) is 35.1. The van der Waals surface area contributed by atoms with E-state index in [1.54, 1.807) is 7.05 Å². The Labute approximate surface area is 284 Å². The van der Waals surface area contributed by atoms with Crippen LogP contribution in [0.1, 0.15) is 142 Å². The first-order valence-electron chi connectivity index (χ1n) is 17.5. The van der Waals surface area contributed by atoms with Crippen molar-refractivity contribution in [3.63, 3.8) is 0 Å². The van der Waals surface area contributed by atoms with Gasteiger partial charge in [-0.2, -0.15) is 0 Å². The molecule has 1 amide bonds. The lowest BCUT2D eigenvalue weighted by Gasteiger charge is -2.39. The van der Waals surface area contributed by atoms with E-state index in [0.29, 0.717) is 24.0 Å². The average molecular weight is 676 g/mol. The summed E-state index contributed by atoms with van der Waals surface area (Å²) in [5.41, 5.74) is 0. The van der Waals surface area contributed by atoms with Gasteiger partial charge in [0.15, 0.2) is 16.6 Å². The molecule has 6 atom stereocenters. The van der Waals surface area contributed by atoms with Crippen molar-refractivity contribution in [2.45, 2.75) is 190 Å². The molecule has 0 N–H and O–H groups in total. The van der Waals surface area contributed by atoms with E-state index in [4.69, 9.17) is 13.7 Å². The Bertz CT molecular complexity index is 791. The van der Waals surface area contributed by atoms with Crippen LogP contribution in [0.25, 0.3) is 0 Å². The largest absolute Gasteiger partial charge is 0.414 e. The van der Waals surface area contributed by atoms with Crippen molar-refractivity contribution < 1.29 is 23.3 Å². The molecule has 6 nitrogen and oxygen atoms in total. The maximum absolute atomic E-state index is 12.1. The summed E-state index contributed by atoms with van der Waals surface area (Å²) in [6.45, 7) is 35.9. The van der Waals surface area contributed by atoms with Crippen molar-refractivity contribution >= 4 is 28.8 Å². The van der Waals surface area contributed by atoms with Crippen LogP contribution in [0.3, 0.4) is 0 Å². The summed E-state index contributed by atoms with van der Waals surface area (Å²) in [5, 5.41) is 1.85. The minimum absolute atomic E-state index is 0. The highest BCUT2D eigenvalue weighted by Gasteiger charge is 2.39. The normalized spacial score (nSPS) is 16.7. The molecule has 272 valence electrons. The van der Waals surface area contributed by atoms with Gasteiger partial charge in [0.2, 0.25) is 5.91 Å². The van der Waals surface area contributed by atoms with Crippen molar-refractivity contribution in [2.24, 2.45) is 23.7 Å². The van der Waals surface area contributed by atoms with Crippen LogP contribution >= 0.6 is 0 Å². The molecule has 0 heterocycles. The highest BCUT2D eigenvalue weighted by Crippen LogP contribution is 2.39. The molecule has 0 aromatic heterocycles. The number of rotatable bonds is 19. The lowest BCUT2D eigenvalue weighted by Crippen LogP contribution is -2.43. The Morgan fingerprint density at radius 2 is 1.09 bits per heavy atom. The van der Waals surface area contributed by atoms with Gasteiger partial charge in [-0.3, -0.25) is 9.63 Å². The number of amides is 1. The topological polar surface area (TPSA) is 65.1 Å². The lowest BCUT2D eigenvalue weighted by atomic mass is 9.91. The summed E-state index contributed by atoms with van der Waals surface area (Å²) >= 11 is 0. The lowest BCUT2D eigenvalue weighted by molar-refractivity contribution is -0.173. The van der Waals surface area contributed by atoms with E-state index in [0.717, 1.165) is 57.7 Å². The predicted molar refractivity (Wildman–Crippen MR) is 202 cm³/mol. The van der Waals surface area contributed by atoms with Gasteiger partial charge < -0.3 is 13.6 Å². The van der Waals surface area contributed by atoms with Crippen molar-refractivity contribution in [1.82, 2.24) is 5.06 Å². The van der Waals surface area contributed by atoms with Crippen LogP contribution in [-0.4, -0.2) is 60.3 Å². The van der Waals surface area contributed by atoms with Crippen molar-refractivity contribution in [3.8, 4) is 0 Å². The smallest absolute Gasteiger partial charge is 0.248 e. The molecule has 0 aromatic rings. The van der Waals surface area contributed by atoms with Gasteiger partial charge >= 0.3 is 0 Å². The number of carbonyl (C=O) groups excluding carboxylic acids is 2. The fourth-order valence-electron chi connectivity index (χ4n) is 4.85. The van der Waals surface area contributed by atoms with Gasteiger partial charge in [0.1, 0.15) is 6.29 Å². The maximum atomic E-state index is 12.1. The van der Waals surface area contributed by atoms with Crippen LogP contribution in [0.15, 0.2) is 0 Å². The summed E-state index contributed by atoms with van der Waals surface area (Å²) in [4.78, 5) is 27.8. The van der Waals surface area contributed by atoms with Crippen molar-refractivity contribution in [1.29, 1.82) is 0 Å². The molecule has 0 rings (SSSR count). The fraction of sp³-hybridized carbons (Fsp3) is 0.946. The van der Waals surface area contributed by atoms with E-state index < -0.39 is 16.6 Å². The number of hydrogen-bond donors (Lipinski definition) is 0.